The zero-order valence-corrected chi connectivity index (χ0v) is 12.2. The Hall–Kier alpha value is -1.46. The summed E-state index contributed by atoms with van der Waals surface area (Å²) in [5.74, 6) is -0.259. The summed E-state index contributed by atoms with van der Waals surface area (Å²) in [6.07, 6.45) is 1.76. The number of hydrogen-bond acceptors (Lipinski definition) is 3. The number of aryl methyl sites for hydroxylation is 1. The van der Waals surface area contributed by atoms with Gasteiger partial charge in [-0.2, -0.15) is 0 Å². The Bertz CT molecular complexity index is 418. The minimum Gasteiger partial charge on any atom is -0.385 e. The number of benzene rings is 1. The van der Waals surface area contributed by atoms with Crippen LogP contribution in [0.2, 0.25) is 0 Å². The molecule has 0 spiro atoms. The number of amides is 1. The van der Waals surface area contributed by atoms with Gasteiger partial charge in [-0.15, -0.1) is 0 Å². The first-order chi connectivity index (χ1) is 9.17. The quantitative estimate of drug-likeness (QED) is 0.619. The molecule has 2 N–H and O–H groups in total. The van der Waals surface area contributed by atoms with Gasteiger partial charge in [-0.05, 0) is 30.5 Å². The smallest absolute Gasteiger partial charge is 0.279 e. The molecule has 4 nitrogen and oxygen atoms in total. The minimum atomic E-state index is -0.259. The van der Waals surface area contributed by atoms with Gasteiger partial charge in [0, 0.05) is 25.9 Å². The van der Waals surface area contributed by atoms with Gasteiger partial charge in [0.15, 0.2) is 4.99 Å². The van der Waals surface area contributed by atoms with Gasteiger partial charge in [-0.1, -0.05) is 31.3 Å². The van der Waals surface area contributed by atoms with Gasteiger partial charge in [0.25, 0.3) is 5.91 Å². The number of carbonyl (C=O) groups is 1. The molecule has 0 unspecified atom stereocenters. The molecule has 1 aromatic rings. The van der Waals surface area contributed by atoms with Crippen molar-refractivity contribution in [2.45, 2.75) is 19.8 Å². The summed E-state index contributed by atoms with van der Waals surface area (Å²) in [5, 5.41) is 5.66. The van der Waals surface area contributed by atoms with Crippen molar-refractivity contribution in [1.29, 1.82) is 0 Å². The van der Waals surface area contributed by atoms with E-state index in [2.05, 4.69) is 17.6 Å². The third-order valence-corrected chi connectivity index (χ3v) is 2.92. The van der Waals surface area contributed by atoms with E-state index in [1.165, 1.54) is 5.56 Å². The monoisotopic (exact) mass is 280 g/mol. The van der Waals surface area contributed by atoms with Crippen LogP contribution in [0, 0.1) is 0 Å². The summed E-state index contributed by atoms with van der Waals surface area (Å²) in [5.41, 5.74) is 2.08. The van der Waals surface area contributed by atoms with Crippen molar-refractivity contribution in [3.63, 3.8) is 0 Å². The summed E-state index contributed by atoms with van der Waals surface area (Å²) >= 11 is 5.04. The fourth-order valence-corrected chi connectivity index (χ4v) is 1.70. The Labute approximate surface area is 119 Å². The summed E-state index contributed by atoms with van der Waals surface area (Å²) < 4.78 is 4.90. The lowest BCUT2D eigenvalue weighted by atomic mass is 10.1. The lowest BCUT2D eigenvalue weighted by Gasteiger charge is -2.09. The van der Waals surface area contributed by atoms with Crippen molar-refractivity contribution < 1.29 is 9.53 Å². The number of hydrogen-bond donors (Lipinski definition) is 2. The van der Waals surface area contributed by atoms with E-state index in [0.29, 0.717) is 13.2 Å². The highest BCUT2D eigenvalue weighted by molar-refractivity contribution is 7.82. The lowest BCUT2D eigenvalue weighted by molar-refractivity contribution is -0.114. The molecule has 0 fully saturated rings. The topological polar surface area (TPSA) is 50.4 Å². The zero-order chi connectivity index (χ0) is 14.1. The predicted molar refractivity (Wildman–Crippen MR) is 81.5 cm³/mol. The maximum Gasteiger partial charge on any atom is 0.279 e. The molecule has 104 valence electrons. The highest BCUT2D eigenvalue weighted by atomic mass is 32.1. The van der Waals surface area contributed by atoms with Crippen LogP contribution in [0.3, 0.4) is 0 Å². The normalized spacial score (nSPS) is 10.0. The lowest BCUT2D eigenvalue weighted by Crippen LogP contribution is -2.35. The van der Waals surface area contributed by atoms with E-state index < -0.39 is 0 Å². The number of methoxy groups -OCH3 is 1. The van der Waals surface area contributed by atoms with Crippen LogP contribution in [0.1, 0.15) is 18.9 Å². The van der Waals surface area contributed by atoms with Crippen molar-refractivity contribution in [3.05, 3.63) is 29.8 Å². The number of anilines is 1. The molecule has 0 aromatic heterocycles. The largest absolute Gasteiger partial charge is 0.385 e. The fraction of sp³-hybridized carbons (Fsp3) is 0.429. The number of thiocarbonyl (C=S) groups is 1. The highest BCUT2D eigenvalue weighted by Gasteiger charge is 2.08. The molecule has 0 aliphatic rings. The third kappa shape index (κ3) is 5.81. The van der Waals surface area contributed by atoms with Crippen molar-refractivity contribution in [1.82, 2.24) is 5.32 Å². The Balaban J connectivity index is 2.38. The second-order valence-corrected chi connectivity index (χ2v) is 4.52. The van der Waals surface area contributed by atoms with Crippen molar-refractivity contribution in [3.8, 4) is 0 Å². The van der Waals surface area contributed by atoms with Gasteiger partial charge in [0.05, 0.1) is 0 Å². The summed E-state index contributed by atoms with van der Waals surface area (Å²) in [4.78, 5) is 11.9. The molecular weight excluding hydrogens is 260 g/mol. The Kier molecular flexibility index (Phi) is 7.07. The van der Waals surface area contributed by atoms with Crippen LogP contribution < -0.4 is 10.6 Å². The maximum absolute atomic E-state index is 11.7. The molecule has 0 bridgehead atoms. The van der Waals surface area contributed by atoms with E-state index >= 15 is 0 Å². The molecule has 0 atom stereocenters. The van der Waals surface area contributed by atoms with Crippen molar-refractivity contribution >= 4 is 28.8 Å². The average molecular weight is 280 g/mol. The second kappa shape index (κ2) is 8.61. The molecule has 1 aromatic carbocycles. The summed E-state index contributed by atoms with van der Waals surface area (Å²) in [6, 6.07) is 7.87. The molecule has 0 aliphatic heterocycles. The molecule has 19 heavy (non-hydrogen) atoms. The van der Waals surface area contributed by atoms with Gasteiger partial charge in [0.1, 0.15) is 0 Å². The molecule has 5 heteroatoms. The van der Waals surface area contributed by atoms with Gasteiger partial charge < -0.3 is 15.4 Å². The number of nitrogens with one attached hydrogen (secondary N) is 2. The van der Waals surface area contributed by atoms with Crippen LogP contribution in [0.15, 0.2) is 24.3 Å². The van der Waals surface area contributed by atoms with Crippen LogP contribution in [-0.4, -0.2) is 31.2 Å². The molecule has 0 saturated heterocycles. The molecule has 1 rings (SSSR count). The van der Waals surface area contributed by atoms with E-state index in [1.807, 2.05) is 24.3 Å². The van der Waals surface area contributed by atoms with E-state index in [4.69, 9.17) is 17.0 Å². The number of ether oxygens (including phenoxy) is 1. The number of carbonyl (C=O) groups excluding carboxylic acids is 1. The van der Waals surface area contributed by atoms with Crippen molar-refractivity contribution in [2.24, 2.45) is 0 Å². The molecular formula is C14H20N2O2S. The van der Waals surface area contributed by atoms with Crippen LogP contribution in [0.5, 0.6) is 0 Å². The third-order valence-electron chi connectivity index (χ3n) is 2.64. The van der Waals surface area contributed by atoms with Gasteiger partial charge in [0.2, 0.25) is 0 Å². The first-order valence-corrected chi connectivity index (χ1v) is 6.75. The molecule has 0 aliphatic carbocycles. The zero-order valence-electron chi connectivity index (χ0n) is 11.4. The highest BCUT2D eigenvalue weighted by Crippen LogP contribution is 2.10. The molecule has 0 saturated carbocycles. The fourth-order valence-electron chi connectivity index (χ4n) is 1.51. The Morgan fingerprint density at radius 3 is 2.58 bits per heavy atom. The number of rotatable bonds is 6. The molecule has 0 radical (unpaired) electrons. The van der Waals surface area contributed by atoms with Crippen LogP contribution >= 0.6 is 12.2 Å². The van der Waals surface area contributed by atoms with E-state index in [9.17, 15) is 4.79 Å². The maximum atomic E-state index is 11.7. The van der Waals surface area contributed by atoms with Gasteiger partial charge in [-0.3, -0.25) is 4.79 Å². The first kappa shape index (κ1) is 15.6. The standard InChI is InChI=1S/C14H20N2O2S/c1-3-11-5-7-12(8-6-11)16-14(19)13(17)15-9-4-10-18-2/h5-8H,3-4,9-10H2,1-2H3,(H,15,17)(H,16,19). The van der Waals surface area contributed by atoms with Crippen molar-refractivity contribution in [2.75, 3.05) is 25.6 Å². The van der Waals surface area contributed by atoms with E-state index in [-0.39, 0.29) is 10.9 Å². The summed E-state index contributed by atoms with van der Waals surface area (Å²) in [6.45, 7) is 3.28. The molecule has 1 amide bonds. The Morgan fingerprint density at radius 2 is 2.00 bits per heavy atom. The van der Waals surface area contributed by atoms with Crippen LogP contribution in [-0.2, 0) is 16.0 Å². The summed E-state index contributed by atoms with van der Waals surface area (Å²) in [7, 11) is 1.63. The molecule has 0 heterocycles. The predicted octanol–water partition coefficient (Wildman–Crippen LogP) is 2.14. The van der Waals surface area contributed by atoms with Gasteiger partial charge >= 0.3 is 0 Å². The Morgan fingerprint density at radius 1 is 1.32 bits per heavy atom. The van der Waals surface area contributed by atoms with Crippen LogP contribution in [0.4, 0.5) is 5.69 Å². The van der Waals surface area contributed by atoms with E-state index in [0.717, 1.165) is 18.5 Å². The second-order valence-electron chi connectivity index (χ2n) is 4.11. The first-order valence-electron chi connectivity index (χ1n) is 6.34. The SMILES string of the molecule is CCc1ccc(NC(=S)C(=O)NCCCOC)cc1. The van der Waals surface area contributed by atoms with Gasteiger partial charge in [-0.25, -0.2) is 0 Å². The van der Waals surface area contributed by atoms with Crippen LogP contribution in [0.25, 0.3) is 0 Å². The minimum absolute atomic E-state index is 0.182. The average Bonchev–Trinajstić information content (AvgIpc) is 2.44. The van der Waals surface area contributed by atoms with E-state index in [1.54, 1.807) is 7.11 Å².